The molecule has 4 rings (SSSR count). The molecule has 1 heterocycles. The van der Waals surface area contributed by atoms with Gasteiger partial charge in [0.05, 0.1) is 6.10 Å². The fourth-order valence-electron chi connectivity index (χ4n) is 4.65. The number of piperazine rings is 1. The molecule has 0 aromatic heterocycles. The van der Waals surface area contributed by atoms with Gasteiger partial charge in [0.2, 0.25) is 0 Å². The highest BCUT2D eigenvalue weighted by Crippen LogP contribution is 2.30. The van der Waals surface area contributed by atoms with Gasteiger partial charge in [-0.15, -0.1) is 0 Å². The molecule has 4 nitrogen and oxygen atoms in total. The summed E-state index contributed by atoms with van der Waals surface area (Å²) in [6, 6.07) is 12.6. The van der Waals surface area contributed by atoms with E-state index < -0.39 is 0 Å². The summed E-state index contributed by atoms with van der Waals surface area (Å²) >= 11 is 6.12. The van der Waals surface area contributed by atoms with E-state index in [0.717, 1.165) is 49.6 Å². The van der Waals surface area contributed by atoms with Crippen LogP contribution in [0.5, 0.6) is 0 Å². The second-order valence-electron chi connectivity index (χ2n) is 7.76. The van der Waals surface area contributed by atoms with Gasteiger partial charge in [-0.05, 0) is 53.8 Å². The smallest absolute Gasteiger partial charge is 0.0739 e. The average molecular weight is 416 g/mol. The van der Waals surface area contributed by atoms with Gasteiger partial charge in [-0.3, -0.25) is 4.90 Å². The highest BCUT2D eigenvalue weighted by atomic mass is 35.5. The SMILES string of the molecule is CC.Cc1cccc2c1CC(N1CCN(c3ccc(Cl)cc3CN)CC1)C(O)C2. The van der Waals surface area contributed by atoms with Crippen LogP contribution >= 0.6 is 11.6 Å². The van der Waals surface area contributed by atoms with E-state index in [-0.39, 0.29) is 12.1 Å². The van der Waals surface area contributed by atoms with Gasteiger partial charge in [0.1, 0.15) is 0 Å². The lowest BCUT2D eigenvalue weighted by Gasteiger charge is -2.44. The van der Waals surface area contributed by atoms with Gasteiger partial charge in [-0.25, -0.2) is 0 Å². The number of aryl methyl sites for hydroxylation is 1. The molecule has 29 heavy (non-hydrogen) atoms. The van der Waals surface area contributed by atoms with E-state index in [1.54, 1.807) is 0 Å². The summed E-state index contributed by atoms with van der Waals surface area (Å²) in [4.78, 5) is 4.86. The topological polar surface area (TPSA) is 52.7 Å². The Morgan fingerprint density at radius 1 is 1.07 bits per heavy atom. The summed E-state index contributed by atoms with van der Waals surface area (Å²) in [7, 11) is 0. The Balaban J connectivity index is 0.00000117. The van der Waals surface area contributed by atoms with Crippen molar-refractivity contribution in [3.63, 3.8) is 0 Å². The third kappa shape index (κ3) is 4.77. The van der Waals surface area contributed by atoms with Gasteiger partial charge >= 0.3 is 0 Å². The molecule has 0 amide bonds. The minimum Gasteiger partial charge on any atom is -0.391 e. The van der Waals surface area contributed by atoms with E-state index in [1.165, 1.54) is 22.4 Å². The molecule has 0 bridgehead atoms. The van der Waals surface area contributed by atoms with E-state index in [2.05, 4.69) is 41.0 Å². The van der Waals surface area contributed by atoms with Crippen LogP contribution in [0.1, 0.15) is 36.1 Å². The van der Waals surface area contributed by atoms with Gasteiger partial charge < -0.3 is 15.7 Å². The lowest BCUT2D eigenvalue weighted by Crippen LogP contribution is -2.56. The zero-order valence-corrected chi connectivity index (χ0v) is 18.6. The molecule has 2 unspecified atom stereocenters. The number of nitrogens with two attached hydrogens (primary N) is 1. The maximum Gasteiger partial charge on any atom is 0.0739 e. The fraction of sp³-hybridized carbons (Fsp3) is 0.500. The van der Waals surface area contributed by atoms with Crippen molar-refractivity contribution in [1.29, 1.82) is 0 Å². The number of rotatable bonds is 3. The van der Waals surface area contributed by atoms with Crippen LogP contribution in [0.2, 0.25) is 5.02 Å². The molecule has 0 saturated carbocycles. The average Bonchev–Trinajstić information content (AvgIpc) is 2.75. The highest BCUT2D eigenvalue weighted by molar-refractivity contribution is 6.30. The first-order valence-corrected chi connectivity index (χ1v) is 11.2. The number of nitrogens with zero attached hydrogens (tertiary/aromatic N) is 2. The third-order valence-corrected chi connectivity index (χ3v) is 6.41. The van der Waals surface area contributed by atoms with Gasteiger partial charge in [-0.1, -0.05) is 43.6 Å². The van der Waals surface area contributed by atoms with Crippen molar-refractivity contribution in [2.75, 3.05) is 31.1 Å². The molecule has 158 valence electrons. The Labute approximate surface area is 180 Å². The van der Waals surface area contributed by atoms with Crippen molar-refractivity contribution < 1.29 is 5.11 Å². The molecular formula is C24H34ClN3O. The van der Waals surface area contributed by atoms with Gasteiger partial charge in [0.15, 0.2) is 0 Å². The maximum atomic E-state index is 10.8. The summed E-state index contributed by atoms with van der Waals surface area (Å²) in [6.07, 6.45) is 1.41. The molecule has 2 aromatic rings. The molecule has 1 fully saturated rings. The van der Waals surface area contributed by atoms with Gasteiger partial charge in [-0.2, -0.15) is 0 Å². The molecule has 1 aliphatic heterocycles. The number of hydrogen-bond donors (Lipinski definition) is 2. The number of anilines is 1. The molecule has 2 atom stereocenters. The minimum atomic E-state index is -0.291. The van der Waals surface area contributed by atoms with Crippen molar-refractivity contribution in [2.45, 2.75) is 52.3 Å². The number of aliphatic hydroxyl groups is 1. The van der Waals surface area contributed by atoms with E-state index >= 15 is 0 Å². The first-order chi connectivity index (χ1) is 14.1. The molecule has 1 aliphatic carbocycles. The molecule has 2 aromatic carbocycles. The lowest BCUT2D eigenvalue weighted by molar-refractivity contribution is 0.0394. The minimum absolute atomic E-state index is 0.208. The second kappa shape index (κ2) is 9.94. The fourth-order valence-corrected chi connectivity index (χ4v) is 4.84. The molecule has 1 saturated heterocycles. The number of hydrogen-bond acceptors (Lipinski definition) is 4. The number of benzene rings is 2. The van der Waals surface area contributed by atoms with E-state index in [4.69, 9.17) is 17.3 Å². The van der Waals surface area contributed by atoms with Crippen molar-refractivity contribution >= 4 is 17.3 Å². The van der Waals surface area contributed by atoms with Crippen molar-refractivity contribution in [3.05, 3.63) is 63.7 Å². The summed E-state index contributed by atoms with van der Waals surface area (Å²) in [6.45, 7) is 10.5. The monoisotopic (exact) mass is 415 g/mol. The van der Waals surface area contributed by atoms with Gasteiger partial charge in [0, 0.05) is 55.9 Å². The van der Waals surface area contributed by atoms with Crippen LogP contribution in [0, 0.1) is 6.92 Å². The van der Waals surface area contributed by atoms with Crippen LogP contribution in [-0.4, -0.2) is 48.3 Å². The quantitative estimate of drug-likeness (QED) is 0.800. The van der Waals surface area contributed by atoms with Crippen molar-refractivity contribution in [3.8, 4) is 0 Å². The molecular weight excluding hydrogens is 382 g/mol. The normalized spacial score (nSPS) is 21.9. The Morgan fingerprint density at radius 3 is 2.48 bits per heavy atom. The highest BCUT2D eigenvalue weighted by Gasteiger charge is 2.34. The summed E-state index contributed by atoms with van der Waals surface area (Å²) in [5.74, 6) is 0. The van der Waals surface area contributed by atoms with Crippen LogP contribution in [0.15, 0.2) is 36.4 Å². The Hall–Kier alpha value is -1.59. The molecule has 3 N–H and O–H groups in total. The Bertz CT molecular complexity index is 818. The Kier molecular flexibility index (Phi) is 7.58. The van der Waals surface area contributed by atoms with Crippen molar-refractivity contribution in [1.82, 2.24) is 4.90 Å². The predicted octanol–water partition coefficient (Wildman–Crippen LogP) is 3.78. The van der Waals surface area contributed by atoms with Crippen LogP contribution in [0.3, 0.4) is 0 Å². The molecule has 5 heteroatoms. The van der Waals surface area contributed by atoms with Crippen LogP contribution in [0.4, 0.5) is 5.69 Å². The number of fused-ring (bicyclic) bond motifs is 1. The largest absolute Gasteiger partial charge is 0.391 e. The molecule has 0 radical (unpaired) electrons. The van der Waals surface area contributed by atoms with E-state index in [9.17, 15) is 5.11 Å². The van der Waals surface area contributed by atoms with Crippen LogP contribution in [-0.2, 0) is 19.4 Å². The predicted molar refractivity (Wildman–Crippen MR) is 123 cm³/mol. The van der Waals surface area contributed by atoms with Crippen LogP contribution < -0.4 is 10.6 Å². The van der Waals surface area contributed by atoms with Crippen LogP contribution in [0.25, 0.3) is 0 Å². The van der Waals surface area contributed by atoms with E-state index in [0.29, 0.717) is 6.54 Å². The number of halogens is 1. The first kappa shape index (κ1) is 22.1. The maximum absolute atomic E-state index is 10.8. The van der Waals surface area contributed by atoms with Crippen molar-refractivity contribution in [2.24, 2.45) is 5.73 Å². The third-order valence-electron chi connectivity index (χ3n) is 6.18. The van der Waals surface area contributed by atoms with E-state index in [1.807, 2.05) is 26.0 Å². The summed E-state index contributed by atoms with van der Waals surface area (Å²) in [5, 5.41) is 11.5. The first-order valence-electron chi connectivity index (χ1n) is 10.8. The zero-order chi connectivity index (χ0) is 21.0. The lowest BCUT2D eigenvalue weighted by atomic mass is 9.83. The van der Waals surface area contributed by atoms with Gasteiger partial charge in [0.25, 0.3) is 0 Å². The molecule has 0 spiro atoms. The standard InChI is InChI=1S/C22H28ClN3O.C2H6/c1-15-3-2-4-16-12-22(27)21(13-19(15)16)26-9-7-25(8-10-26)20-6-5-18(23)11-17(20)14-24;1-2/h2-6,11,21-22,27H,7-10,12-14,24H2,1H3;1-2H3. The summed E-state index contributed by atoms with van der Waals surface area (Å²) < 4.78 is 0. The molecule has 2 aliphatic rings. The zero-order valence-electron chi connectivity index (χ0n) is 17.9. The summed E-state index contributed by atoms with van der Waals surface area (Å²) in [5.41, 5.74) is 12.3. The Morgan fingerprint density at radius 2 is 1.79 bits per heavy atom. The second-order valence-corrected chi connectivity index (χ2v) is 8.19. The number of aliphatic hydroxyl groups excluding tert-OH is 1.